The Morgan fingerprint density at radius 1 is 1.21 bits per heavy atom. The molecule has 0 bridgehead atoms. The molecule has 19 heavy (non-hydrogen) atoms. The van der Waals surface area contributed by atoms with Gasteiger partial charge in [0, 0.05) is 18.4 Å². The van der Waals surface area contributed by atoms with Gasteiger partial charge in [-0.15, -0.1) is 0 Å². The number of carbonyl (C=O) groups excluding carboxylic acids is 1. The lowest BCUT2D eigenvalue weighted by atomic mass is 10.0. The molecule has 0 radical (unpaired) electrons. The third-order valence-corrected chi connectivity index (χ3v) is 3.24. The van der Waals surface area contributed by atoms with E-state index in [1.807, 2.05) is 34.6 Å². The smallest absolute Gasteiger partial charge is 0.240 e. The Kier molecular flexibility index (Phi) is 5.42. The molecule has 0 aliphatic rings. The minimum atomic E-state index is -0.485. The van der Waals surface area contributed by atoms with Crippen LogP contribution in [0.4, 0.5) is 0 Å². The second-order valence-electron chi connectivity index (χ2n) is 5.42. The molecule has 1 aromatic rings. The lowest BCUT2D eigenvalue weighted by molar-refractivity contribution is -0.137. The summed E-state index contributed by atoms with van der Waals surface area (Å²) in [4.78, 5) is 22.6. The molecule has 0 saturated heterocycles. The van der Waals surface area contributed by atoms with E-state index in [4.69, 9.17) is 5.73 Å². The standard InChI is InChI=1S/C14H24N4O/c1-9(2)13(15)14(19)18(10(3)4)11(5)12-8-16-6-7-17-12/h6-11,13H,15H2,1-5H3/t11-,13?/m0/s1. The van der Waals surface area contributed by atoms with Gasteiger partial charge >= 0.3 is 0 Å². The van der Waals surface area contributed by atoms with E-state index >= 15 is 0 Å². The number of nitrogens with two attached hydrogens (primary N) is 1. The molecule has 0 saturated carbocycles. The number of rotatable bonds is 5. The predicted octanol–water partition coefficient (Wildman–Crippen LogP) is 1.76. The lowest BCUT2D eigenvalue weighted by Crippen LogP contribution is -2.50. The molecule has 1 aromatic heterocycles. The molecular formula is C14H24N4O. The number of carbonyl (C=O) groups is 1. The van der Waals surface area contributed by atoms with Gasteiger partial charge in [-0.1, -0.05) is 13.8 Å². The van der Waals surface area contributed by atoms with Crippen LogP contribution in [0.2, 0.25) is 0 Å². The maximum Gasteiger partial charge on any atom is 0.240 e. The Balaban J connectivity index is 2.98. The molecule has 1 unspecified atom stereocenters. The van der Waals surface area contributed by atoms with Crippen molar-refractivity contribution in [2.24, 2.45) is 11.7 Å². The fourth-order valence-corrected chi connectivity index (χ4v) is 2.02. The van der Waals surface area contributed by atoms with E-state index in [1.165, 1.54) is 0 Å². The Morgan fingerprint density at radius 3 is 2.26 bits per heavy atom. The molecule has 0 fully saturated rings. The number of nitrogens with zero attached hydrogens (tertiary/aromatic N) is 3. The van der Waals surface area contributed by atoms with Gasteiger partial charge in [-0.2, -0.15) is 0 Å². The van der Waals surface area contributed by atoms with Gasteiger partial charge in [0.25, 0.3) is 0 Å². The Labute approximate surface area is 115 Å². The zero-order valence-electron chi connectivity index (χ0n) is 12.4. The summed E-state index contributed by atoms with van der Waals surface area (Å²) in [5.74, 6) is 0.0750. The summed E-state index contributed by atoms with van der Waals surface area (Å²) in [5.41, 5.74) is 6.77. The SMILES string of the molecule is CC(C)C(N)C(=O)N(C(C)C)[C@@H](C)c1cnccn1. The van der Waals surface area contributed by atoms with Crippen molar-refractivity contribution in [2.75, 3.05) is 0 Å². The summed E-state index contributed by atoms with van der Waals surface area (Å²) in [6.07, 6.45) is 4.95. The molecule has 1 amide bonds. The highest BCUT2D eigenvalue weighted by atomic mass is 16.2. The van der Waals surface area contributed by atoms with E-state index in [0.717, 1.165) is 5.69 Å². The molecule has 1 rings (SSSR count). The quantitative estimate of drug-likeness (QED) is 0.879. The van der Waals surface area contributed by atoms with E-state index in [9.17, 15) is 4.79 Å². The van der Waals surface area contributed by atoms with Gasteiger partial charge in [0.1, 0.15) is 0 Å². The maximum absolute atomic E-state index is 12.5. The molecular weight excluding hydrogens is 240 g/mol. The van der Waals surface area contributed by atoms with Crippen LogP contribution in [0.5, 0.6) is 0 Å². The molecule has 1 heterocycles. The number of hydrogen-bond acceptors (Lipinski definition) is 4. The summed E-state index contributed by atoms with van der Waals surface area (Å²) in [7, 11) is 0. The molecule has 0 spiro atoms. The van der Waals surface area contributed by atoms with Crippen molar-refractivity contribution in [1.29, 1.82) is 0 Å². The van der Waals surface area contributed by atoms with E-state index in [0.29, 0.717) is 0 Å². The summed E-state index contributed by atoms with van der Waals surface area (Å²) < 4.78 is 0. The molecule has 5 heteroatoms. The largest absolute Gasteiger partial charge is 0.331 e. The highest BCUT2D eigenvalue weighted by molar-refractivity contribution is 5.82. The van der Waals surface area contributed by atoms with Crippen LogP contribution in [0.1, 0.15) is 46.4 Å². The number of amides is 1. The fraction of sp³-hybridized carbons (Fsp3) is 0.643. The number of aromatic nitrogens is 2. The Morgan fingerprint density at radius 2 is 1.84 bits per heavy atom. The van der Waals surface area contributed by atoms with Crippen molar-refractivity contribution in [1.82, 2.24) is 14.9 Å². The topological polar surface area (TPSA) is 72.1 Å². The number of hydrogen-bond donors (Lipinski definition) is 1. The highest BCUT2D eigenvalue weighted by Crippen LogP contribution is 2.22. The first-order valence-corrected chi connectivity index (χ1v) is 6.70. The zero-order valence-corrected chi connectivity index (χ0v) is 12.4. The van der Waals surface area contributed by atoms with Gasteiger partial charge in [0.05, 0.1) is 24.0 Å². The predicted molar refractivity (Wildman–Crippen MR) is 75.2 cm³/mol. The minimum absolute atomic E-state index is 0.0387. The van der Waals surface area contributed by atoms with E-state index in [-0.39, 0.29) is 23.9 Å². The van der Waals surface area contributed by atoms with Crippen LogP contribution in [0.3, 0.4) is 0 Å². The van der Waals surface area contributed by atoms with Crippen LogP contribution >= 0.6 is 0 Å². The highest BCUT2D eigenvalue weighted by Gasteiger charge is 2.30. The molecule has 2 N–H and O–H groups in total. The van der Waals surface area contributed by atoms with Gasteiger partial charge in [-0.25, -0.2) is 0 Å². The van der Waals surface area contributed by atoms with Crippen molar-refractivity contribution in [3.8, 4) is 0 Å². The molecule has 0 aliphatic heterocycles. The minimum Gasteiger partial charge on any atom is -0.331 e. The molecule has 0 aliphatic carbocycles. The molecule has 5 nitrogen and oxygen atoms in total. The van der Waals surface area contributed by atoms with Crippen molar-refractivity contribution < 1.29 is 4.79 Å². The van der Waals surface area contributed by atoms with Crippen molar-refractivity contribution >= 4 is 5.91 Å². The summed E-state index contributed by atoms with van der Waals surface area (Å²) >= 11 is 0. The van der Waals surface area contributed by atoms with Crippen LogP contribution < -0.4 is 5.73 Å². The van der Waals surface area contributed by atoms with Crippen LogP contribution in [-0.2, 0) is 4.79 Å². The fourth-order valence-electron chi connectivity index (χ4n) is 2.02. The normalized spacial score (nSPS) is 14.5. The van der Waals surface area contributed by atoms with Crippen LogP contribution in [0, 0.1) is 5.92 Å². The first-order chi connectivity index (χ1) is 8.86. The van der Waals surface area contributed by atoms with Crippen molar-refractivity contribution in [3.05, 3.63) is 24.3 Å². The molecule has 2 atom stereocenters. The van der Waals surface area contributed by atoms with Crippen molar-refractivity contribution in [2.45, 2.75) is 52.7 Å². The van der Waals surface area contributed by atoms with Gasteiger partial charge in [-0.05, 0) is 26.7 Å². The second kappa shape index (κ2) is 6.61. The first-order valence-electron chi connectivity index (χ1n) is 6.70. The molecule has 0 aromatic carbocycles. The zero-order chi connectivity index (χ0) is 14.6. The van der Waals surface area contributed by atoms with E-state index in [1.54, 1.807) is 23.5 Å². The Bertz CT molecular complexity index is 405. The van der Waals surface area contributed by atoms with Crippen LogP contribution in [-0.4, -0.2) is 32.9 Å². The first kappa shape index (κ1) is 15.6. The summed E-state index contributed by atoms with van der Waals surface area (Å²) in [6.45, 7) is 9.83. The maximum atomic E-state index is 12.5. The average Bonchev–Trinajstić information content (AvgIpc) is 2.38. The third-order valence-electron chi connectivity index (χ3n) is 3.24. The van der Waals surface area contributed by atoms with Crippen molar-refractivity contribution in [3.63, 3.8) is 0 Å². The third kappa shape index (κ3) is 3.73. The van der Waals surface area contributed by atoms with Gasteiger partial charge in [0.2, 0.25) is 5.91 Å². The molecule has 106 valence electrons. The van der Waals surface area contributed by atoms with Gasteiger partial charge in [0.15, 0.2) is 0 Å². The average molecular weight is 264 g/mol. The van der Waals surface area contributed by atoms with E-state index in [2.05, 4.69) is 9.97 Å². The summed E-state index contributed by atoms with van der Waals surface area (Å²) in [6, 6.07) is -0.554. The Hall–Kier alpha value is -1.49. The van der Waals surface area contributed by atoms with Gasteiger partial charge in [-0.3, -0.25) is 14.8 Å². The van der Waals surface area contributed by atoms with Crippen LogP contribution in [0.25, 0.3) is 0 Å². The van der Waals surface area contributed by atoms with Gasteiger partial charge < -0.3 is 10.6 Å². The summed E-state index contributed by atoms with van der Waals surface area (Å²) in [5, 5.41) is 0. The van der Waals surface area contributed by atoms with Crippen LogP contribution in [0.15, 0.2) is 18.6 Å². The second-order valence-corrected chi connectivity index (χ2v) is 5.42. The van der Waals surface area contributed by atoms with E-state index < -0.39 is 6.04 Å². The monoisotopic (exact) mass is 264 g/mol. The lowest BCUT2D eigenvalue weighted by Gasteiger charge is -2.35.